The van der Waals surface area contributed by atoms with Crippen LogP contribution in [0.1, 0.15) is 18.1 Å². The van der Waals surface area contributed by atoms with Crippen molar-refractivity contribution in [1.82, 2.24) is 9.97 Å². The van der Waals surface area contributed by atoms with Gasteiger partial charge in [0.15, 0.2) is 0 Å². The predicted octanol–water partition coefficient (Wildman–Crippen LogP) is 4.89. The Hall–Kier alpha value is -3.65. The lowest BCUT2D eigenvalue weighted by atomic mass is 10.2. The molecular weight excluding hydrogens is 426 g/mol. The second kappa shape index (κ2) is 9.23. The van der Waals surface area contributed by atoms with E-state index in [9.17, 15) is 8.42 Å². The molecule has 0 aliphatic rings. The van der Waals surface area contributed by atoms with Crippen molar-refractivity contribution in [2.45, 2.75) is 30.3 Å². The molecule has 0 saturated carbocycles. The zero-order valence-electron chi connectivity index (χ0n) is 17.8. The number of aryl methyl sites for hydroxylation is 1. The lowest BCUT2D eigenvalue weighted by molar-refractivity contribution is 0.340. The average molecular weight is 450 g/mol. The van der Waals surface area contributed by atoms with Gasteiger partial charge in [0.05, 0.1) is 11.5 Å². The molecule has 0 amide bonds. The fourth-order valence-electron chi connectivity index (χ4n) is 3.10. The quantitative estimate of drug-likeness (QED) is 0.409. The Morgan fingerprint density at radius 2 is 1.78 bits per heavy atom. The van der Waals surface area contributed by atoms with Gasteiger partial charge in [-0.15, -0.1) is 0 Å². The van der Waals surface area contributed by atoms with Gasteiger partial charge in [-0.05, 0) is 61.9 Å². The molecule has 0 aliphatic heterocycles. The monoisotopic (exact) mass is 449 g/mol. The second-order valence-corrected chi connectivity index (χ2v) is 9.01. The number of nitrogens with zero attached hydrogens (tertiary/aromatic N) is 2. The van der Waals surface area contributed by atoms with Crippen LogP contribution < -0.4 is 10.1 Å². The van der Waals surface area contributed by atoms with Gasteiger partial charge in [-0.3, -0.25) is 4.98 Å². The first kappa shape index (κ1) is 21.6. The van der Waals surface area contributed by atoms with Crippen molar-refractivity contribution in [2.24, 2.45) is 0 Å². The van der Waals surface area contributed by atoms with Crippen molar-refractivity contribution >= 4 is 15.7 Å². The fourth-order valence-corrected chi connectivity index (χ4v) is 4.38. The van der Waals surface area contributed by atoms with Gasteiger partial charge in [0.1, 0.15) is 5.75 Å². The summed E-state index contributed by atoms with van der Waals surface area (Å²) in [5, 5.41) is 2.91. The van der Waals surface area contributed by atoms with Crippen LogP contribution in [0.3, 0.4) is 0 Å². The number of benzene rings is 2. The van der Waals surface area contributed by atoms with Gasteiger partial charge in [0.2, 0.25) is 26.6 Å². The molecular formula is C24H23N3O4S. The van der Waals surface area contributed by atoms with Crippen molar-refractivity contribution in [2.75, 3.05) is 11.9 Å². The van der Waals surface area contributed by atoms with E-state index >= 15 is 0 Å². The molecule has 0 radical (unpaired) electrons. The number of pyridine rings is 1. The molecule has 4 aromatic rings. The Bertz CT molecular complexity index is 1280. The number of anilines is 1. The standard InChI is InChI=1S/C24H23N3O4S/c1-3-30-20-10-8-19(9-11-20)22-27-24(32(28,29)21-12-6-17(2)7-13-21)23(31-22)26-16-18-5-4-14-25-15-18/h4-15,26H,3,16H2,1-2H3. The Balaban J connectivity index is 1.73. The van der Waals surface area contributed by atoms with Crippen molar-refractivity contribution in [3.63, 3.8) is 0 Å². The summed E-state index contributed by atoms with van der Waals surface area (Å²) in [6.45, 7) is 4.70. The minimum Gasteiger partial charge on any atom is -0.494 e. The summed E-state index contributed by atoms with van der Waals surface area (Å²) in [5.41, 5.74) is 2.49. The van der Waals surface area contributed by atoms with Crippen LogP contribution in [0.2, 0.25) is 0 Å². The molecule has 1 N–H and O–H groups in total. The van der Waals surface area contributed by atoms with Crippen LogP contribution in [0.25, 0.3) is 11.5 Å². The van der Waals surface area contributed by atoms with Gasteiger partial charge in [0, 0.05) is 24.5 Å². The first-order valence-electron chi connectivity index (χ1n) is 10.2. The first-order chi connectivity index (χ1) is 15.5. The van der Waals surface area contributed by atoms with E-state index in [2.05, 4.69) is 15.3 Å². The third kappa shape index (κ3) is 4.65. The fraction of sp³-hybridized carbons (Fsp3) is 0.167. The minimum atomic E-state index is -3.90. The topological polar surface area (TPSA) is 94.3 Å². The molecule has 0 unspecified atom stereocenters. The van der Waals surface area contributed by atoms with Gasteiger partial charge < -0.3 is 14.5 Å². The molecule has 7 nitrogen and oxygen atoms in total. The Kier molecular flexibility index (Phi) is 6.23. The highest BCUT2D eigenvalue weighted by Gasteiger charge is 2.28. The molecule has 0 spiro atoms. The molecule has 0 fully saturated rings. The van der Waals surface area contributed by atoms with E-state index in [0.717, 1.165) is 11.1 Å². The number of rotatable bonds is 8. The summed E-state index contributed by atoms with van der Waals surface area (Å²) >= 11 is 0. The largest absolute Gasteiger partial charge is 0.494 e. The molecule has 2 aromatic carbocycles. The third-order valence-electron chi connectivity index (χ3n) is 4.77. The molecule has 0 bridgehead atoms. The molecule has 0 saturated heterocycles. The molecule has 164 valence electrons. The second-order valence-electron chi connectivity index (χ2n) is 7.14. The van der Waals surface area contributed by atoms with Crippen molar-refractivity contribution < 1.29 is 17.6 Å². The molecule has 0 atom stereocenters. The number of ether oxygens (including phenoxy) is 1. The maximum atomic E-state index is 13.4. The predicted molar refractivity (Wildman–Crippen MR) is 121 cm³/mol. The average Bonchev–Trinajstić information content (AvgIpc) is 3.25. The molecule has 0 aliphatic carbocycles. The molecule has 8 heteroatoms. The molecule has 32 heavy (non-hydrogen) atoms. The molecule has 2 heterocycles. The first-order valence-corrected chi connectivity index (χ1v) is 11.6. The Morgan fingerprint density at radius 3 is 2.44 bits per heavy atom. The number of oxazole rings is 1. The summed E-state index contributed by atoms with van der Waals surface area (Å²) in [6.07, 6.45) is 3.38. The van der Waals surface area contributed by atoms with Gasteiger partial charge >= 0.3 is 0 Å². The highest BCUT2D eigenvalue weighted by atomic mass is 32.2. The number of hydrogen-bond donors (Lipinski definition) is 1. The van der Waals surface area contributed by atoms with E-state index in [1.54, 1.807) is 60.9 Å². The van der Waals surface area contributed by atoms with E-state index in [1.807, 2.05) is 26.0 Å². The van der Waals surface area contributed by atoms with Gasteiger partial charge in [0.25, 0.3) is 0 Å². The smallest absolute Gasteiger partial charge is 0.234 e. The molecule has 4 rings (SSSR count). The zero-order chi connectivity index (χ0) is 22.6. The van der Waals surface area contributed by atoms with E-state index in [-0.39, 0.29) is 21.7 Å². The summed E-state index contributed by atoms with van der Waals surface area (Å²) in [4.78, 5) is 8.60. The van der Waals surface area contributed by atoms with Crippen LogP contribution >= 0.6 is 0 Å². The van der Waals surface area contributed by atoms with Crippen molar-refractivity contribution in [3.05, 3.63) is 84.2 Å². The van der Waals surface area contributed by atoms with Gasteiger partial charge in [-0.1, -0.05) is 23.8 Å². The zero-order valence-corrected chi connectivity index (χ0v) is 18.6. The minimum absolute atomic E-state index is 0.0818. The van der Waals surface area contributed by atoms with Crippen molar-refractivity contribution in [1.29, 1.82) is 0 Å². The van der Waals surface area contributed by atoms with E-state index < -0.39 is 9.84 Å². The van der Waals surface area contributed by atoms with Crippen LogP contribution in [0, 0.1) is 6.92 Å². The highest BCUT2D eigenvalue weighted by Crippen LogP contribution is 2.33. The lowest BCUT2D eigenvalue weighted by Gasteiger charge is -2.06. The van der Waals surface area contributed by atoms with Crippen LogP contribution in [-0.2, 0) is 16.4 Å². The summed E-state index contributed by atoms with van der Waals surface area (Å²) < 4.78 is 38.1. The number of nitrogens with one attached hydrogen (secondary N) is 1. The summed E-state index contributed by atoms with van der Waals surface area (Å²) in [7, 11) is -3.90. The van der Waals surface area contributed by atoms with Crippen LogP contribution in [0.15, 0.2) is 87.4 Å². The molecule has 2 aromatic heterocycles. The SMILES string of the molecule is CCOc1ccc(-c2nc(S(=O)(=O)c3ccc(C)cc3)c(NCc3cccnc3)o2)cc1. The van der Waals surface area contributed by atoms with Crippen LogP contribution in [0.5, 0.6) is 5.75 Å². The number of sulfone groups is 1. The van der Waals surface area contributed by atoms with Crippen LogP contribution in [-0.4, -0.2) is 25.0 Å². The number of aromatic nitrogens is 2. The highest BCUT2D eigenvalue weighted by molar-refractivity contribution is 7.91. The van der Waals surface area contributed by atoms with E-state index in [4.69, 9.17) is 9.15 Å². The third-order valence-corrected chi connectivity index (χ3v) is 6.45. The van der Waals surface area contributed by atoms with Gasteiger partial charge in [-0.25, -0.2) is 8.42 Å². The number of hydrogen-bond acceptors (Lipinski definition) is 7. The van der Waals surface area contributed by atoms with Crippen LogP contribution in [0.4, 0.5) is 5.88 Å². The Labute approximate surface area is 187 Å². The van der Waals surface area contributed by atoms with Crippen molar-refractivity contribution in [3.8, 4) is 17.2 Å². The summed E-state index contributed by atoms with van der Waals surface area (Å²) in [5.74, 6) is 0.996. The maximum absolute atomic E-state index is 13.4. The lowest BCUT2D eigenvalue weighted by Crippen LogP contribution is -2.07. The normalized spacial score (nSPS) is 11.3. The van der Waals surface area contributed by atoms with E-state index in [1.165, 1.54) is 0 Å². The maximum Gasteiger partial charge on any atom is 0.234 e. The summed E-state index contributed by atoms with van der Waals surface area (Å²) in [6, 6.07) is 17.5. The van der Waals surface area contributed by atoms with E-state index in [0.29, 0.717) is 24.5 Å². The Morgan fingerprint density at radius 1 is 1.03 bits per heavy atom. The van der Waals surface area contributed by atoms with Gasteiger partial charge in [-0.2, -0.15) is 4.98 Å².